The van der Waals surface area contributed by atoms with E-state index >= 15 is 0 Å². The molecule has 3 rings (SSSR count). The highest BCUT2D eigenvalue weighted by molar-refractivity contribution is 5.70. The quantitative estimate of drug-likeness (QED) is 0.695. The number of methoxy groups -OCH3 is 1. The summed E-state index contributed by atoms with van der Waals surface area (Å²) in [6, 6.07) is 10.5. The van der Waals surface area contributed by atoms with Crippen molar-refractivity contribution in [1.82, 2.24) is 0 Å². The normalized spacial score (nSPS) is 16.2. The number of rotatable bonds is 3. The van der Waals surface area contributed by atoms with Gasteiger partial charge in [0, 0.05) is 24.6 Å². The summed E-state index contributed by atoms with van der Waals surface area (Å²) in [7, 11) is 1.56. The highest BCUT2D eigenvalue weighted by Crippen LogP contribution is 2.40. The van der Waals surface area contributed by atoms with Crippen molar-refractivity contribution in [3.63, 3.8) is 0 Å². The molecule has 23 heavy (non-hydrogen) atoms. The van der Waals surface area contributed by atoms with E-state index in [1.165, 1.54) is 6.92 Å². The summed E-state index contributed by atoms with van der Waals surface area (Å²) in [4.78, 5) is 11.4. The van der Waals surface area contributed by atoms with Crippen molar-refractivity contribution in [3.8, 4) is 23.0 Å². The zero-order chi connectivity index (χ0) is 16.4. The molecule has 0 spiro atoms. The predicted molar refractivity (Wildman–Crippen MR) is 84.1 cm³/mol. The number of fused-ring (bicyclic) bond motifs is 1. The molecule has 0 bridgehead atoms. The standard InChI is InChI=1S/C18H18O5/c1-11(19)22-18-10-14(21-2)6-7-15(18)16-8-4-12-3-5-13(20)9-17(12)23-16/h3,5-7,9-10,16,20H,4,8H2,1-2H3. The van der Waals surface area contributed by atoms with Crippen LogP contribution in [0.5, 0.6) is 23.0 Å². The molecule has 0 aromatic heterocycles. The predicted octanol–water partition coefficient (Wildman–Crippen LogP) is 3.39. The third kappa shape index (κ3) is 3.23. The van der Waals surface area contributed by atoms with Gasteiger partial charge in [0.15, 0.2) is 0 Å². The fourth-order valence-electron chi connectivity index (χ4n) is 2.73. The molecule has 2 aromatic rings. The first-order valence-electron chi connectivity index (χ1n) is 7.41. The van der Waals surface area contributed by atoms with Crippen molar-refractivity contribution < 1.29 is 24.1 Å². The fourth-order valence-corrected chi connectivity index (χ4v) is 2.73. The molecule has 1 unspecified atom stereocenters. The maximum Gasteiger partial charge on any atom is 0.308 e. The third-order valence-corrected chi connectivity index (χ3v) is 3.82. The Morgan fingerprint density at radius 3 is 2.83 bits per heavy atom. The van der Waals surface area contributed by atoms with Gasteiger partial charge in [0.25, 0.3) is 0 Å². The molecule has 5 nitrogen and oxygen atoms in total. The van der Waals surface area contributed by atoms with Crippen molar-refractivity contribution in [1.29, 1.82) is 0 Å². The van der Waals surface area contributed by atoms with Crippen LogP contribution >= 0.6 is 0 Å². The lowest BCUT2D eigenvalue weighted by Crippen LogP contribution is -2.17. The minimum atomic E-state index is -0.395. The monoisotopic (exact) mass is 314 g/mol. The van der Waals surface area contributed by atoms with Crippen molar-refractivity contribution in [3.05, 3.63) is 47.5 Å². The van der Waals surface area contributed by atoms with E-state index in [1.807, 2.05) is 18.2 Å². The largest absolute Gasteiger partial charge is 0.508 e. The second-order valence-electron chi connectivity index (χ2n) is 5.43. The summed E-state index contributed by atoms with van der Waals surface area (Å²) in [5.41, 5.74) is 1.84. The molecular formula is C18H18O5. The van der Waals surface area contributed by atoms with Crippen molar-refractivity contribution in [2.24, 2.45) is 0 Å². The number of ether oxygens (including phenoxy) is 3. The van der Waals surface area contributed by atoms with Crippen LogP contribution in [0.25, 0.3) is 0 Å². The minimum Gasteiger partial charge on any atom is -0.508 e. The molecule has 1 atom stereocenters. The first-order chi connectivity index (χ1) is 11.1. The molecule has 5 heteroatoms. The Balaban J connectivity index is 1.94. The Morgan fingerprint density at radius 1 is 1.26 bits per heavy atom. The van der Waals surface area contributed by atoms with Gasteiger partial charge >= 0.3 is 5.97 Å². The number of carbonyl (C=O) groups excluding carboxylic acids is 1. The van der Waals surface area contributed by atoms with Crippen LogP contribution < -0.4 is 14.2 Å². The summed E-state index contributed by atoms with van der Waals surface area (Å²) in [5, 5.41) is 9.62. The number of benzene rings is 2. The van der Waals surface area contributed by atoms with Crippen LogP contribution in [-0.4, -0.2) is 18.2 Å². The first kappa shape index (κ1) is 15.2. The van der Waals surface area contributed by atoms with E-state index in [1.54, 1.807) is 25.3 Å². The lowest BCUT2D eigenvalue weighted by atomic mass is 9.96. The molecule has 1 N–H and O–H groups in total. The van der Waals surface area contributed by atoms with Crippen LogP contribution in [0.4, 0.5) is 0 Å². The van der Waals surface area contributed by atoms with E-state index in [2.05, 4.69) is 0 Å². The van der Waals surface area contributed by atoms with Gasteiger partial charge in [-0.2, -0.15) is 0 Å². The Kier molecular flexibility index (Phi) is 4.10. The third-order valence-electron chi connectivity index (χ3n) is 3.82. The van der Waals surface area contributed by atoms with Crippen molar-refractivity contribution in [2.75, 3.05) is 7.11 Å². The SMILES string of the molecule is COc1ccc(C2CCc3ccc(O)cc3O2)c(OC(C)=O)c1. The van der Waals surface area contributed by atoms with Gasteiger partial charge in [-0.05, 0) is 36.6 Å². The molecular weight excluding hydrogens is 296 g/mol. The second kappa shape index (κ2) is 6.20. The molecule has 0 saturated carbocycles. The van der Waals surface area contributed by atoms with E-state index in [0.29, 0.717) is 17.2 Å². The molecule has 1 aliphatic heterocycles. The van der Waals surface area contributed by atoms with Gasteiger partial charge in [-0.3, -0.25) is 4.79 Å². The summed E-state index contributed by atoms with van der Waals surface area (Å²) in [6.07, 6.45) is 1.34. The lowest BCUT2D eigenvalue weighted by Gasteiger charge is -2.27. The Morgan fingerprint density at radius 2 is 2.09 bits per heavy atom. The van der Waals surface area contributed by atoms with Gasteiger partial charge in [0.2, 0.25) is 0 Å². The number of aryl methyl sites for hydroxylation is 1. The maximum atomic E-state index is 11.4. The Bertz CT molecular complexity index is 738. The number of esters is 1. The van der Waals surface area contributed by atoms with Gasteiger partial charge in [-0.25, -0.2) is 0 Å². The molecule has 1 heterocycles. The van der Waals surface area contributed by atoms with Crippen LogP contribution in [0, 0.1) is 0 Å². The first-order valence-corrected chi connectivity index (χ1v) is 7.41. The molecule has 2 aromatic carbocycles. The maximum absolute atomic E-state index is 11.4. The molecule has 0 fully saturated rings. The van der Waals surface area contributed by atoms with Gasteiger partial charge in [-0.1, -0.05) is 6.07 Å². The van der Waals surface area contributed by atoms with Gasteiger partial charge in [0.05, 0.1) is 7.11 Å². The van der Waals surface area contributed by atoms with E-state index in [9.17, 15) is 9.90 Å². The van der Waals surface area contributed by atoms with E-state index < -0.39 is 5.97 Å². The highest BCUT2D eigenvalue weighted by atomic mass is 16.5. The number of phenolic OH excluding ortho intramolecular Hbond substituents is 1. The second-order valence-corrected chi connectivity index (χ2v) is 5.43. The minimum absolute atomic E-state index is 0.166. The van der Waals surface area contributed by atoms with Gasteiger partial charge in [0.1, 0.15) is 29.1 Å². The van der Waals surface area contributed by atoms with Gasteiger partial charge < -0.3 is 19.3 Å². The summed E-state index contributed by atoms with van der Waals surface area (Å²) < 4.78 is 16.5. The van der Waals surface area contributed by atoms with Crippen LogP contribution in [0.1, 0.15) is 30.6 Å². The number of carbonyl (C=O) groups is 1. The zero-order valence-corrected chi connectivity index (χ0v) is 13.0. The zero-order valence-electron chi connectivity index (χ0n) is 13.0. The number of hydrogen-bond acceptors (Lipinski definition) is 5. The fraction of sp³-hybridized carbons (Fsp3) is 0.278. The lowest BCUT2D eigenvalue weighted by molar-refractivity contribution is -0.132. The van der Waals surface area contributed by atoms with Crippen LogP contribution in [0.15, 0.2) is 36.4 Å². The average molecular weight is 314 g/mol. The highest BCUT2D eigenvalue weighted by Gasteiger charge is 2.25. The average Bonchev–Trinajstić information content (AvgIpc) is 2.53. The molecule has 120 valence electrons. The van der Waals surface area contributed by atoms with E-state index in [4.69, 9.17) is 14.2 Å². The van der Waals surface area contributed by atoms with Crippen molar-refractivity contribution in [2.45, 2.75) is 25.9 Å². The molecule has 1 aliphatic rings. The Labute approximate surface area is 134 Å². The Hall–Kier alpha value is -2.69. The number of aromatic hydroxyl groups is 1. The van der Waals surface area contributed by atoms with Crippen LogP contribution in [-0.2, 0) is 11.2 Å². The summed E-state index contributed by atoms with van der Waals surface area (Å²) >= 11 is 0. The van der Waals surface area contributed by atoms with E-state index in [-0.39, 0.29) is 11.9 Å². The van der Waals surface area contributed by atoms with E-state index in [0.717, 1.165) is 24.0 Å². The molecule has 0 saturated heterocycles. The number of hydrogen-bond donors (Lipinski definition) is 1. The topological polar surface area (TPSA) is 65.0 Å². The smallest absolute Gasteiger partial charge is 0.308 e. The van der Waals surface area contributed by atoms with Crippen molar-refractivity contribution >= 4 is 5.97 Å². The number of phenols is 1. The summed E-state index contributed by atoms with van der Waals surface area (Å²) in [5.74, 6) is 1.47. The molecule has 0 amide bonds. The summed E-state index contributed by atoms with van der Waals surface area (Å²) in [6.45, 7) is 1.36. The van der Waals surface area contributed by atoms with Gasteiger partial charge in [-0.15, -0.1) is 0 Å². The molecule has 0 aliphatic carbocycles. The van der Waals surface area contributed by atoms with Crippen LogP contribution in [0.3, 0.4) is 0 Å². The molecule has 0 radical (unpaired) electrons. The van der Waals surface area contributed by atoms with Crippen LogP contribution in [0.2, 0.25) is 0 Å².